The largest absolute Gasteiger partial charge is 0.316 e. The Kier molecular flexibility index (Phi) is 3.85. The number of hydrogen-bond donors (Lipinski definition) is 2. The van der Waals surface area contributed by atoms with Crippen LogP contribution in [0.15, 0.2) is 59.4 Å². The minimum absolute atomic E-state index is 0.0730. The Morgan fingerprint density at radius 2 is 1.74 bits per heavy atom. The first kappa shape index (κ1) is 14.4. The fraction of sp³-hybridized carbons (Fsp3) is 0.211. The van der Waals surface area contributed by atoms with Crippen molar-refractivity contribution >= 4 is 11.5 Å². The maximum atomic E-state index is 12.3. The number of aromatic nitrogens is 1. The molecular weight excluding hydrogens is 304 g/mol. The van der Waals surface area contributed by atoms with Crippen molar-refractivity contribution in [2.45, 2.75) is 12.3 Å². The van der Waals surface area contributed by atoms with E-state index in [9.17, 15) is 4.79 Å². The van der Waals surface area contributed by atoms with Crippen LogP contribution in [0.5, 0.6) is 0 Å². The van der Waals surface area contributed by atoms with Gasteiger partial charge in [0.05, 0.1) is 4.88 Å². The van der Waals surface area contributed by atoms with E-state index < -0.39 is 0 Å². The van der Waals surface area contributed by atoms with Crippen molar-refractivity contribution in [3.8, 4) is 21.6 Å². The first-order valence-corrected chi connectivity index (χ1v) is 8.72. The minimum Gasteiger partial charge on any atom is -0.316 e. The number of rotatable bonds is 3. The maximum absolute atomic E-state index is 12.3. The normalized spacial score (nSPS) is 17.5. The third kappa shape index (κ3) is 2.76. The van der Waals surface area contributed by atoms with Crippen molar-refractivity contribution in [3.05, 3.63) is 70.5 Å². The second-order valence-electron chi connectivity index (χ2n) is 5.91. The van der Waals surface area contributed by atoms with E-state index in [0.717, 1.165) is 35.5 Å². The molecule has 2 aromatic carbocycles. The summed E-state index contributed by atoms with van der Waals surface area (Å²) in [4.78, 5) is 13.4. The fourth-order valence-corrected chi connectivity index (χ4v) is 4.19. The van der Waals surface area contributed by atoms with Gasteiger partial charge in [0.25, 0.3) is 5.56 Å². The molecule has 1 unspecified atom stereocenters. The average molecular weight is 322 g/mol. The highest BCUT2D eigenvalue weighted by atomic mass is 32.1. The van der Waals surface area contributed by atoms with E-state index in [1.54, 1.807) is 0 Å². The lowest BCUT2D eigenvalue weighted by Gasteiger charge is -2.09. The molecule has 0 radical (unpaired) electrons. The van der Waals surface area contributed by atoms with E-state index in [1.165, 1.54) is 22.7 Å². The summed E-state index contributed by atoms with van der Waals surface area (Å²) in [6.07, 6.45) is 1.03. The van der Waals surface area contributed by atoms with Crippen molar-refractivity contribution in [1.29, 1.82) is 0 Å². The molecule has 0 aliphatic carbocycles. The molecule has 1 aliphatic heterocycles. The molecule has 1 fully saturated rings. The summed E-state index contributed by atoms with van der Waals surface area (Å²) in [5.41, 5.74) is 4.52. The Morgan fingerprint density at radius 3 is 2.52 bits per heavy atom. The Morgan fingerprint density at radius 1 is 0.957 bits per heavy atom. The zero-order valence-corrected chi connectivity index (χ0v) is 13.5. The monoisotopic (exact) mass is 322 g/mol. The van der Waals surface area contributed by atoms with Gasteiger partial charge < -0.3 is 5.32 Å². The van der Waals surface area contributed by atoms with Crippen LogP contribution in [0.25, 0.3) is 21.6 Å². The zero-order valence-electron chi connectivity index (χ0n) is 12.7. The van der Waals surface area contributed by atoms with Crippen LogP contribution < -0.4 is 10.9 Å². The van der Waals surface area contributed by atoms with Gasteiger partial charge in [-0.2, -0.15) is 0 Å². The first-order valence-electron chi connectivity index (χ1n) is 7.91. The van der Waals surface area contributed by atoms with E-state index in [4.69, 9.17) is 0 Å². The Balaban J connectivity index is 1.79. The van der Waals surface area contributed by atoms with Crippen molar-refractivity contribution < 1.29 is 0 Å². The number of aromatic amines is 1. The number of H-pyrrole nitrogens is 1. The average Bonchev–Trinajstić information content (AvgIpc) is 3.25. The number of benzene rings is 2. The van der Waals surface area contributed by atoms with E-state index in [-0.39, 0.29) is 5.56 Å². The van der Waals surface area contributed by atoms with Crippen molar-refractivity contribution in [2.24, 2.45) is 0 Å². The molecule has 1 aliphatic rings. The van der Waals surface area contributed by atoms with Gasteiger partial charge in [-0.3, -0.25) is 9.17 Å². The van der Waals surface area contributed by atoms with Gasteiger partial charge >= 0.3 is 0 Å². The summed E-state index contributed by atoms with van der Waals surface area (Å²) in [6, 6.07) is 18.8. The second kappa shape index (κ2) is 6.14. The SMILES string of the molecule is O=c1[nH]sc(-c2cccc(-c3ccccc3)c2)c1C1CCNC1. The van der Waals surface area contributed by atoms with Crippen LogP contribution >= 0.6 is 11.5 Å². The summed E-state index contributed by atoms with van der Waals surface area (Å²) in [5.74, 6) is 0.320. The molecule has 4 rings (SSSR count). The van der Waals surface area contributed by atoms with Crippen molar-refractivity contribution in [1.82, 2.24) is 9.69 Å². The van der Waals surface area contributed by atoms with E-state index in [1.807, 2.05) is 18.2 Å². The molecule has 0 saturated carbocycles. The Bertz CT molecular complexity index is 860. The van der Waals surface area contributed by atoms with Gasteiger partial charge in [0.15, 0.2) is 0 Å². The number of nitrogens with one attached hydrogen (secondary N) is 2. The van der Waals surface area contributed by atoms with Gasteiger partial charge in [0.2, 0.25) is 0 Å². The number of hydrogen-bond acceptors (Lipinski definition) is 3. The van der Waals surface area contributed by atoms with Crippen LogP contribution in [-0.2, 0) is 0 Å². The Hall–Kier alpha value is -2.17. The lowest BCUT2D eigenvalue weighted by atomic mass is 9.95. The van der Waals surface area contributed by atoms with Crippen molar-refractivity contribution in [2.75, 3.05) is 13.1 Å². The van der Waals surface area contributed by atoms with Crippen LogP contribution in [-0.4, -0.2) is 17.5 Å². The highest BCUT2D eigenvalue weighted by molar-refractivity contribution is 7.09. The summed E-state index contributed by atoms with van der Waals surface area (Å²) >= 11 is 1.45. The lowest BCUT2D eigenvalue weighted by molar-refractivity contribution is 0.759. The summed E-state index contributed by atoms with van der Waals surface area (Å²) < 4.78 is 2.93. The first-order chi connectivity index (χ1) is 11.3. The van der Waals surface area contributed by atoms with Gasteiger partial charge in [-0.15, -0.1) is 0 Å². The molecule has 3 nitrogen and oxygen atoms in total. The molecule has 1 aromatic heterocycles. The molecular formula is C19H18N2OS. The van der Waals surface area contributed by atoms with Gasteiger partial charge in [-0.25, -0.2) is 0 Å². The van der Waals surface area contributed by atoms with E-state index in [0.29, 0.717) is 5.92 Å². The molecule has 0 bridgehead atoms. The Labute approximate surface area is 139 Å². The molecule has 1 saturated heterocycles. The predicted octanol–water partition coefficient (Wildman–Crippen LogP) is 3.85. The van der Waals surface area contributed by atoms with Gasteiger partial charge in [-0.05, 0) is 35.7 Å². The van der Waals surface area contributed by atoms with Crippen LogP contribution in [0.1, 0.15) is 17.9 Å². The van der Waals surface area contributed by atoms with Crippen LogP contribution in [0.3, 0.4) is 0 Å². The summed E-state index contributed by atoms with van der Waals surface area (Å²) in [5, 5.41) is 3.36. The van der Waals surface area contributed by atoms with Crippen molar-refractivity contribution in [3.63, 3.8) is 0 Å². The quantitative estimate of drug-likeness (QED) is 0.769. The van der Waals surface area contributed by atoms with E-state index >= 15 is 0 Å². The highest BCUT2D eigenvalue weighted by Crippen LogP contribution is 2.34. The zero-order chi connectivity index (χ0) is 15.6. The smallest absolute Gasteiger partial charge is 0.262 e. The van der Waals surface area contributed by atoms with Crippen LogP contribution in [0.4, 0.5) is 0 Å². The topological polar surface area (TPSA) is 44.9 Å². The molecule has 0 amide bonds. The fourth-order valence-electron chi connectivity index (χ4n) is 3.27. The molecule has 4 heteroatoms. The molecule has 2 heterocycles. The molecule has 3 aromatic rings. The lowest BCUT2D eigenvalue weighted by Crippen LogP contribution is -2.14. The standard InChI is InChI=1S/C19H18N2OS/c22-19-17(16-9-10-20-12-16)18(23-21-19)15-8-4-7-14(11-15)13-5-2-1-3-6-13/h1-8,11,16,20H,9-10,12H2,(H,21,22). The van der Waals surface area contributed by atoms with E-state index in [2.05, 4.69) is 46.1 Å². The summed E-state index contributed by atoms with van der Waals surface area (Å²) in [7, 11) is 0. The maximum Gasteiger partial charge on any atom is 0.262 e. The van der Waals surface area contributed by atoms with Gasteiger partial charge in [0, 0.05) is 18.0 Å². The molecule has 2 N–H and O–H groups in total. The summed E-state index contributed by atoms with van der Waals surface area (Å²) in [6.45, 7) is 1.88. The minimum atomic E-state index is 0.0730. The molecule has 0 spiro atoms. The van der Waals surface area contributed by atoms with Crippen LogP contribution in [0, 0.1) is 0 Å². The molecule has 1 atom stereocenters. The molecule has 116 valence electrons. The predicted molar refractivity (Wildman–Crippen MR) is 96.0 cm³/mol. The third-order valence-electron chi connectivity index (χ3n) is 4.44. The van der Waals surface area contributed by atoms with Gasteiger partial charge in [-0.1, -0.05) is 60.1 Å². The highest BCUT2D eigenvalue weighted by Gasteiger charge is 2.25. The van der Waals surface area contributed by atoms with Gasteiger partial charge in [0.1, 0.15) is 0 Å². The van der Waals surface area contributed by atoms with Crippen LogP contribution in [0.2, 0.25) is 0 Å². The molecule has 23 heavy (non-hydrogen) atoms. The third-order valence-corrected chi connectivity index (χ3v) is 5.38. The second-order valence-corrected chi connectivity index (χ2v) is 6.73.